The van der Waals surface area contributed by atoms with Gasteiger partial charge in [-0.05, 0) is 36.4 Å². The molecule has 0 unspecified atom stereocenters. The van der Waals surface area contributed by atoms with Gasteiger partial charge in [-0.1, -0.05) is 127 Å². The number of fused-ring (bicyclic) bond motifs is 10. The van der Waals surface area contributed by atoms with Gasteiger partial charge in [0, 0.05) is 55.2 Å². The molecule has 11 rings (SSSR count). The molecule has 0 aliphatic heterocycles. The largest absolute Gasteiger partial charge is 0.456 e. The van der Waals surface area contributed by atoms with E-state index in [1.165, 1.54) is 0 Å². The van der Waals surface area contributed by atoms with Crippen molar-refractivity contribution in [1.82, 2.24) is 19.1 Å². The average Bonchev–Trinajstić information content (AvgIpc) is 3.85. The van der Waals surface area contributed by atoms with E-state index in [1.807, 2.05) is 24.3 Å². The number of rotatable bonds is 4. The summed E-state index contributed by atoms with van der Waals surface area (Å²) < 4.78 is 11.1. The molecule has 0 radical (unpaired) electrons. The van der Waals surface area contributed by atoms with E-state index in [2.05, 4.69) is 155 Å². The zero-order chi connectivity index (χ0) is 33.5. The maximum absolute atomic E-state index is 6.45. The van der Waals surface area contributed by atoms with Gasteiger partial charge in [0.15, 0.2) is 0 Å². The lowest BCUT2D eigenvalue weighted by Gasteiger charge is -2.13. The first-order chi connectivity index (χ1) is 25.3. The average molecular weight is 653 g/mol. The Morgan fingerprint density at radius 1 is 0.373 bits per heavy atom. The van der Waals surface area contributed by atoms with Crippen LogP contribution in [0.4, 0.5) is 0 Å². The van der Waals surface area contributed by atoms with E-state index in [-0.39, 0.29) is 0 Å². The summed E-state index contributed by atoms with van der Waals surface area (Å²) in [6.45, 7) is 0. The van der Waals surface area contributed by atoms with Crippen molar-refractivity contribution >= 4 is 65.6 Å². The Hall–Kier alpha value is -6.98. The molecule has 0 spiro atoms. The predicted octanol–water partition coefficient (Wildman–Crippen LogP) is 11.9. The van der Waals surface area contributed by atoms with Crippen LogP contribution in [0.2, 0.25) is 0 Å². The maximum atomic E-state index is 6.45. The van der Waals surface area contributed by atoms with Crippen LogP contribution in [0.3, 0.4) is 0 Å². The minimum atomic E-state index is 0.624. The van der Waals surface area contributed by atoms with Gasteiger partial charge in [0.1, 0.15) is 11.2 Å². The smallest absolute Gasteiger partial charge is 0.235 e. The van der Waals surface area contributed by atoms with E-state index < -0.39 is 0 Å². The van der Waals surface area contributed by atoms with Crippen molar-refractivity contribution in [3.8, 4) is 34.2 Å². The van der Waals surface area contributed by atoms with Gasteiger partial charge >= 0.3 is 0 Å². The molecule has 0 amide bonds. The molecule has 0 bridgehead atoms. The third kappa shape index (κ3) is 4.15. The number of benzene rings is 7. The number of aromatic nitrogens is 4. The van der Waals surface area contributed by atoms with Crippen LogP contribution in [0.1, 0.15) is 0 Å². The van der Waals surface area contributed by atoms with Crippen LogP contribution in [0.15, 0.2) is 174 Å². The molecule has 7 aromatic carbocycles. The lowest BCUT2D eigenvalue weighted by molar-refractivity contribution is 0.669. The second kappa shape index (κ2) is 10.8. The molecule has 4 heterocycles. The number of para-hydroxylation sites is 3. The molecule has 0 saturated heterocycles. The monoisotopic (exact) mass is 652 g/mol. The number of hydrogen-bond donors (Lipinski definition) is 0. The summed E-state index contributed by atoms with van der Waals surface area (Å²) in [5, 5.41) is 6.83. The highest BCUT2D eigenvalue weighted by atomic mass is 16.3. The lowest BCUT2D eigenvalue weighted by Crippen LogP contribution is -2.05. The fourth-order valence-electron chi connectivity index (χ4n) is 7.87. The Balaban J connectivity index is 1.33. The molecule has 0 aliphatic carbocycles. The van der Waals surface area contributed by atoms with Crippen molar-refractivity contribution in [2.75, 3.05) is 0 Å². The van der Waals surface area contributed by atoms with Crippen molar-refractivity contribution in [2.45, 2.75) is 0 Å². The topological polar surface area (TPSA) is 48.8 Å². The summed E-state index contributed by atoms with van der Waals surface area (Å²) in [6.07, 6.45) is 0. The highest BCUT2D eigenvalue weighted by Gasteiger charge is 2.24. The minimum absolute atomic E-state index is 0.624. The SMILES string of the molecule is c1ccc(-c2cc(-c3ccccc3)nc(-n3c4ccccc4c4ccc5c6cc7c(cc6n(-c6ccccc6)c5c43)oc3ccccc37)n2)cc1. The Bertz CT molecular complexity index is 3060. The molecule has 0 saturated carbocycles. The summed E-state index contributed by atoms with van der Waals surface area (Å²) in [6, 6.07) is 59.4. The van der Waals surface area contributed by atoms with Crippen LogP contribution in [-0.2, 0) is 0 Å². The fraction of sp³-hybridized carbons (Fsp3) is 0. The summed E-state index contributed by atoms with van der Waals surface area (Å²) in [5.41, 5.74) is 10.9. The molecule has 238 valence electrons. The number of furan rings is 1. The second-order valence-electron chi connectivity index (χ2n) is 13.0. The van der Waals surface area contributed by atoms with Gasteiger partial charge in [-0.2, -0.15) is 0 Å². The molecule has 5 heteroatoms. The minimum Gasteiger partial charge on any atom is -0.456 e. The van der Waals surface area contributed by atoms with E-state index in [4.69, 9.17) is 14.4 Å². The quantitative estimate of drug-likeness (QED) is 0.190. The highest BCUT2D eigenvalue weighted by molar-refractivity contribution is 6.25. The normalized spacial score (nSPS) is 11.9. The maximum Gasteiger partial charge on any atom is 0.235 e. The van der Waals surface area contributed by atoms with Gasteiger partial charge < -0.3 is 8.98 Å². The molecule has 0 fully saturated rings. The molecular weight excluding hydrogens is 625 g/mol. The Labute approximate surface area is 292 Å². The van der Waals surface area contributed by atoms with E-state index in [9.17, 15) is 0 Å². The van der Waals surface area contributed by atoms with Crippen LogP contribution < -0.4 is 0 Å². The molecular formula is C46H28N4O. The van der Waals surface area contributed by atoms with Crippen molar-refractivity contribution < 1.29 is 4.42 Å². The Morgan fingerprint density at radius 2 is 0.941 bits per heavy atom. The van der Waals surface area contributed by atoms with Gasteiger partial charge in [0.2, 0.25) is 5.95 Å². The van der Waals surface area contributed by atoms with Crippen LogP contribution in [0, 0.1) is 0 Å². The standard InChI is InChI=1S/C46H28N4O/c1-4-14-29(15-5-1)38-27-39(30-16-6-2-7-17-30)48-46(47-38)50-40-22-12-10-20-32(40)34-24-25-35-36-26-37-33-21-11-13-23-42(33)51-43(37)28-41(36)49(44(35)45(34)50)31-18-8-3-9-19-31/h1-28H. The van der Waals surface area contributed by atoms with E-state index >= 15 is 0 Å². The van der Waals surface area contributed by atoms with Gasteiger partial charge in [0.05, 0.1) is 33.5 Å². The summed E-state index contributed by atoms with van der Waals surface area (Å²) in [7, 11) is 0. The molecule has 4 aromatic heterocycles. The third-order valence-corrected chi connectivity index (χ3v) is 10.1. The van der Waals surface area contributed by atoms with Crippen molar-refractivity contribution in [1.29, 1.82) is 0 Å². The zero-order valence-corrected chi connectivity index (χ0v) is 27.4. The molecule has 11 aromatic rings. The zero-order valence-electron chi connectivity index (χ0n) is 27.4. The lowest BCUT2D eigenvalue weighted by atomic mass is 10.1. The summed E-state index contributed by atoms with van der Waals surface area (Å²) in [4.78, 5) is 10.7. The first-order valence-electron chi connectivity index (χ1n) is 17.2. The predicted molar refractivity (Wildman–Crippen MR) is 209 cm³/mol. The van der Waals surface area contributed by atoms with Gasteiger partial charge in [-0.3, -0.25) is 4.57 Å². The highest BCUT2D eigenvalue weighted by Crippen LogP contribution is 2.43. The van der Waals surface area contributed by atoms with Crippen molar-refractivity contribution in [3.05, 3.63) is 170 Å². The molecule has 0 aliphatic rings. The molecule has 51 heavy (non-hydrogen) atoms. The van der Waals surface area contributed by atoms with Crippen molar-refractivity contribution in [3.63, 3.8) is 0 Å². The van der Waals surface area contributed by atoms with E-state index in [1.54, 1.807) is 0 Å². The van der Waals surface area contributed by atoms with Crippen LogP contribution in [0.5, 0.6) is 0 Å². The molecule has 5 nitrogen and oxygen atoms in total. The van der Waals surface area contributed by atoms with Crippen molar-refractivity contribution in [2.24, 2.45) is 0 Å². The van der Waals surface area contributed by atoms with Crippen LogP contribution >= 0.6 is 0 Å². The Morgan fingerprint density at radius 3 is 1.65 bits per heavy atom. The van der Waals surface area contributed by atoms with Gasteiger partial charge in [0.25, 0.3) is 0 Å². The second-order valence-corrected chi connectivity index (χ2v) is 13.0. The first kappa shape index (κ1) is 27.9. The summed E-state index contributed by atoms with van der Waals surface area (Å²) in [5.74, 6) is 0.624. The fourth-order valence-corrected chi connectivity index (χ4v) is 7.87. The first-order valence-corrected chi connectivity index (χ1v) is 17.2. The summed E-state index contributed by atoms with van der Waals surface area (Å²) >= 11 is 0. The van der Waals surface area contributed by atoms with E-state index in [0.717, 1.165) is 93.8 Å². The number of hydrogen-bond acceptors (Lipinski definition) is 3. The third-order valence-electron chi connectivity index (χ3n) is 10.1. The number of nitrogens with zero attached hydrogens (tertiary/aromatic N) is 4. The van der Waals surface area contributed by atoms with Gasteiger partial charge in [-0.25, -0.2) is 9.97 Å². The molecule has 0 atom stereocenters. The van der Waals surface area contributed by atoms with E-state index in [0.29, 0.717) is 5.95 Å². The van der Waals surface area contributed by atoms with Crippen LogP contribution in [0.25, 0.3) is 99.7 Å². The van der Waals surface area contributed by atoms with Crippen LogP contribution in [-0.4, -0.2) is 19.1 Å². The van der Waals surface area contributed by atoms with Gasteiger partial charge in [-0.15, -0.1) is 0 Å². The Kier molecular flexibility index (Phi) is 5.89. The molecule has 0 N–H and O–H groups in total.